The van der Waals surface area contributed by atoms with Crippen molar-refractivity contribution in [3.05, 3.63) is 0 Å². The Morgan fingerprint density at radius 2 is 0.880 bits per heavy atom. The minimum Gasteiger partial charge on any atom is -0.341 e. The Balaban J connectivity index is 3.46. The van der Waals surface area contributed by atoms with Crippen molar-refractivity contribution >= 4 is 17.8 Å². The van der Waals surface area contributed by atoms with Crippen LogP contribution in [0.2, 0.25) is 0 Å². The highest BCUT2D eigenvalue weighted by Gasteiger charge is 2.19. The number of rotatable bonds is 9. The van der Waals surface area contributed by atoms with Crippen molar-refractivity contribution in [2.24, 2.45) is 0 Å². The van der Waals surface area contributed by atoms with Crippen LogP contribution in [0.4, 0.5) is 17.8 Å². The summed E-state index contributed by atoms with van der Waals surface area (Å²) in [6.45, 7) is 4.92. The quantitative estimate of drug-likeness (QED) is 0.581. The van der Waals surface area contributed by atoms with Crippen LogP contribution in [0.5, 0.6) is 0 Å². The zero-order valence-corrected chi connectivity index (χ0v) is 14.2. The highest BCUT2D eigenvalue weighted by Crippen LogP contribution is 2.19. The van der Waals surface area contributed by atoms with E-state index in [0.29, 0.717) is 19.0 Å². The molecule has 0 aliphatic heterocycles. The van der Waals surface area contributed by atoms with Gasteiger partial charge in [-0.2, -0.15) is 36.0 Å². The lowest BCUT2D eigenvalue weighted by Gasteiger charge is -2.24. The summed E-state index contributed by atoms with van der Waals surface area (Å²) in [7, 11) is 0. The Bertz CT molecular complexity index is 642. The van der Waals surface area contributed by atoms with E-state index < -0.39 is 0 Å². The van der Waals surface area contributed by atoms with Crippen LogP contribution in [-0.2, 0) is 0 Å². The first-order valence-corrected chi connectivity index (χ1v) is 7.63. The molecule has 0 N–H and O–H groups in total. The van der Waals surface area contributed by atoms with Gasteiger partial charge in [-0.3, -0.25) is 0 Å². The van der Waals surface area contributed by atoms with Gasteiger partial charge in [0.15, 0.2) is 0 Å². The van der Waals surface area contributed by atoms with Gasteiger partial charge in [0.05, 0.1) is 24.3 Å². The molecular weight excluding hydrogens is 320 g/mol. The first kappa shape index (κ1) is 19.4. The van der Waals surface area contributed by atoms with Gasteiger partial charge in [-0.05, 0) is 13.8 Å². The second-order valence-corrected chi connectivity index (χ2v) is 4.75. The van der Waals surface area contributed by atoms with E-state index in [-0.39, 0.29) is 38.1 Å². The van der Waals surface area contributed by atoms with Gasteiger partial charge >= 0.3 is 0 Å². The van der Waals surface area contributed by atoms with Gasteiger partial charge < -0.3 is 14.7 Å². The van der Waals surface area contributed by atoms with Crippen LogP contribution in [0.1, 0.15) is 13.8 Å². The molecule has 128 valence electrons. The fourth-order valence-electron chi connectivity index (χ4n) is 2.01. The molecule has 0 fully saturated rings. The van der Waals surface area contributed by atoms with E-state index in [0.717, 1.165) is 0 Å². The standard InChI is InChI=1S/C15H18N10/c1-3-23(4-2)13-20-14(24(9-5-16)10-6-17)22-15(21-13)25(11-7-18)12-8-19/h3-4,9-12H2,1-2H3. The summed E-state index contributed by atoms with van der Waals surface area (Å²) in [4.78, 5) is 17.7. The van der Waals surface area contributed by atoms with E-state index in [4.69, 9.17) is 21.0 Å². The fraction of sp³-hybridized carbons (Fsp3) is 0.533. The third kappa shape index (κ3) is 5.20. The van der Waals surface area contributed by atoms with Gasteiger partial charge in [-0.25, -0.2) is 0 Å². The Labute approximate surface area is 146 Å². The van der Waals surface area contributed by atoms with Crippen LogP contribution < -0.4 is 14.7 Å². The fourth-order valence-corrected chi connectivity index (χ4v) is 2.01. The van der Waals surface area contributed by atoms with Gasteiger partial charge in [0.25, 0.3) is 0 Å². The van der Waals surface area contributed by atoms with Crippen molar-refractivity contribution in [3.8, 4) is 24.3 Å². The molecule has 1 aromatic rings. The highest BCUT2D eigenvalue weighted by molar-refractivity contribution is 5.48. The molecule has 0 radical (unpaired) electrons. The van der Waals surface area contributed by atoms with Crippen LogP contribution in [-0.4, -0.2) is 54.2 Å². The summed E-state index contributed by atoms with van der Waals surface area (Å²) < 4.78 is 0. The summed E-state index contributed by atoms with van der Waals surface area (Å²) in [5, 5.41) is 35.9. The van der Waals surface area contributed by atoms with Crippen molar-refractivity contribution in [1.29, 1.82) is 21.0 Å². The molecule has 0 saturated heterocycles. The van der Waals surface area contributed by atoms with Crippen LogP contribution in [0.15, 0.2) is 0 Å². The molecule has 0 atom stereocenters. The molecule has 0 saturated carbocycles. The minimum absolute atomic E-state index is 0.0643. The van der Waals surface area contributed by atoms with Gasteiger partial charge in [-0.15, -0.1) is 0 Å². The van der Waals surface area contributed by atoms with E-state index in [9.17, 15) is 0 Å². The number of aromatic nitrogens is 3. The molecule has 0 aliphatic carbocycles. The highest BCUT2D eigenvalue weighted by atomic mass is 15.4. The van der Waals surface area contributed by atoms with Gasteiger partial charge in [-0.1, -0.05) is 0 Å². The maximum Gasteiger partial charge on any atom is 0.233 e. The average Bonchev–Trinajstić information content (AvgIpc) is 2.62. The molecular formula is C15H18N10. The Morgan fingerprint density at radius 1 is 0.600 bits per heavy atom. The summed E-state index contributed by atoms with van der Waals surface area (Å²) in [6.07, 6.45) is 0. The second-order valence-electron chi connectivity index (χ2n) is 4.75. The van der Waals surface area contributed by atoms with E-state index in [1.165, 1.54) is 9.80 Å². The van der Waals surface area contributed by atoms with Gasteiger partial charge in [0, 0.05) is 13.1 Å². The van der Waals surface area contributed by atoms with E-state index in [1.807, 2.05) is 43.0 Å². The first-order chi connectivity index (χ1) is 12.1. The number of nitrogens with zero attached hydrogens (tertiary/aromatic N) is 10. The molecule has 0 amide bonds. The largest absolute Gasteiger partial charge is 0.341 e. The zero-order chi connectivity index (χ0) is 18.7. The van der Waals surface area contributed by atoms with Crippen molar-refractivity contribution in [1.82, 2.24) is 15.0 Å². The number of nitriles is 4. The number of anilines is 3. The van der Waals surface area contributed by atoms with E-state index in [1.54, 1.807) is 0 Å². The normalized spacial score (nSPS) is 9.20. The third-order valence-corrected chi connectivity index (χ3v) is 3.26. The van der Waals surface area contributed by atoms with Gasteiger partial charge in [0.2, 0.25) is 17.8 Å². The predicted octanol–water partition coefficient (Wildman–Crippen LogP) is 0.425. The maximum atomic E-state index is 8.96. The molecule has 0 aliphatic rings. The Hall–Kier alpha value is -3.63. The molecule has 1 rings (SSSR count). The minimum atomic E-state index is -0.0643. The molecule has 10 nitrogen and oxygen atoms in total. The topological polar surface area (TPSA) is 144 Å². The average molecular weight is 338 g/mol. The predicted molar refractivity (Wildman–Crippen MR) is 90.3 cm³/mol. The molecule has 0 aromatic carbocycles. The molecule has 0 spiro atoms. The van der Waals surface area contributed by atoms with Crippen molar-refractivity contribution in [2.75, 3.05) is 54.0 Å². The van der Waals surface area contributed by atoms with Crippen molar-refractivity contribution in [2.45, 2.75) is 13.8 Å². The smallest absolute Gasteiger partial charge is 0.233 e. The van der Waals surface area contributed by atoms with Crippen LogP contribution >= 0.6 is 0 Å². The summed E-state index contributed by atoms with van der Waals surface area (Å²) in [5.74, 6) is 0.693. The van der Waals surface area contributed by atoms with Crippen molar-refractivity contribution in [3.63, 3.8) is 0 Å². The lowest BCUT2D eigenvalue weighted by atomic mass is 10.5. The first-order valence-electron chi connectivity index (χ1n) is 7.63. The summed E-state index contributed by atoms with van der Waals surface area (Å²) in [6, 6.07) is 7.88. The monoisotopic (exact) mass is 338 g/mol. The van der Waals surface area contributed by atoms with Gasteiger partial charge in [0.1, 0.15) is 26.2 Å². The molecule has 1 aromatic heterocycles. The molecule has 10 heteroatoms. The number of hydrogen-bond acceptors (Lipinski definition) is 10. The maximum absolute atomic E-state index is 8.96. The summed E-state index contributed by atoms with van der Waals surface area (Å²) in [5.41, 5.74) is 0. The molecule has 0 bridgehead atoms. The van der Waals surface area contributed by atoms with E-state index >= 15 is 0 Å². The van der Waals surface area contributed by atoms with Crippen LogP contribution in [0.25, 0.3) is 0 Å². The van der Waals surface area contributed by atoms with Crippen LogP contribution in [0, 0.1) is 45.3 Å². The van der Waals surface area contributed by atoms with Crippen LogP contribution in [0.3, 0.4) is 0 Å². The lowest BCUT2D eigenvalue weighted by molar-refractivity contribution is 0.780. The second kappa shape index (κ2) is 10.2. The molecule has 25 heavy (non-hydrogen) atoms. The zero-order valence-electron chi connectivity index (χ0n) is 14.2. The molecule has 0 unspecified atom stereocenters. The Morgan fingerprint density at radius 3 is 1.12 bits per heavy atom. The lowest BCUT2D eigenvalue weighted by Crippen LogP contribution is -2.32. The summed E-state index contributed by atoms with van der Waals surface area (Å²) >= 11 is 0. The Kier molecular flexibility index (Phi) is 7.92. The van der Waals surface area contributed by atoms with Crippen molar-refractivity contribution < 1.29 is 0 Å². The SMILES string of the molecule is CCN(CC)c1nc(N(CC#N)CC#N)nc(N(CC#N)CC#N)n1. The third-order valence-electron chi connectivity index (χ3n) is 3.26. The molecule has 1 heterocycles. The number of hydrogen-bond donors (Lipinski definition) is 0. The van der Waals surface area contributed by atoms with E-state index in [2.05, 4.69) is 15.0 Å².